The number of piperidine rings is 1. The van der Waals surface area contributed by atoms with Gasteiger partial charge in [-0.1, -0.05) is 6.07 Å². The molecule has 21 heavy (non-hydrogen) atoms. The van der Waals surface area contributed by atoms with E-state index in [9.17, 15) is 4.79 Å². The smallest absolute Gasteiger partial charge is 0.263 e. The van der Waals surface area contributed by atoms with Gasteiger partial charge in [0, 0.05) is 25.5 Å². The Morgan fingerprint density at radius 3 is 3.14 bits per heavy atom. The molecule has 1 saturated heterocycles. The molecule has 1 fully saturated rings. The van der Waals surface area contributed by atoms with Crippen LogP contribution in [0.15, 0.2) is 36.0 Å². The van der Waals surface area contributed by atoms with Gasteiger partial charge in [-0.3, -0.25) is 9.78 Å². The number of hydrogen-bond donors (Lipinski definition) is 0. The highest BCUT2D eigenvalue weighted by atomic mass is 32.1. The van der Waals surface area contributed by atoms with Crippen molar-refractivity contribution in [3.8, 4) is 0 Å². The molecule has 1 aliphatic heterocycles. The number of hydrogen-bond acceptors (Lipinski definition) is 3. The third-order valence-corrected chi connectivity index (χ3v) is 5.03. The van der Waals surface area contributed by atoms with E-state index in [4.69, 9.17) is 0 Å². The number of carbonyl (C=O) groups is 1. The summed E-state index contributed by atoms with van der Waals surface area (Å²) in [4.78, 5) is 19.6. The standard InChI is InChI=1S/C17H20N2OS/c1-13-8-16(21-12-13)17(20)19-7-3-5-15(11-19)9-14-4-2-6-18-10-14/h2,4,6,8,10,12,15H,3,5,7,9,11H2,1H3. The molecule has 0 spiro atoms. The van der Waals surface area contributed by atoms with E-state index >= 15 is 0 Å². The van der Waals surface area contributed by atoms with Crippen molar-refractivity contribution in [1.29, 1.82) is 0 Å². The molecular formula is C17H20N2OS. The van der Waals surface area contributed by atoms with E-state index in [0.717, 1.165) is 30.8 Å². The van der Waals surface area contributed by atoms with Gasteiger partial charge in [-0.15, -0.1) is 11.3 Å². The minimum Gasteiger partial charge on any atom is -0.338 e. The van der Waals surface area contributed by atoms with Gasteiger partial charge < -0.3 is 4.90 Å². The number of amides is 1. The fourth-order valence-corrected chi connectivity index (χ4v) is 3.83. The van der Waals surface area contributed by atoms with E-state index in [-0.39, 0.29) is 5.91 Å². The highest BCUT2D eigenvalue weighted by Crippen LogP contribution is 2.24. The fraction of sp³-hybridized carbons (Fsp3) is 0.412. The van der Waals surface area contributed by atoms with Crippen LogP contribution in [0.5, 0.6) is 0 Å². The minimum absolute atomic E-state index is 0.198. The predicted octanol–water partition coefficient (Wildman–Crippen LogP) is 3.55. The highest BCUT2D eigenvalue weighted by Gasteiger charge is 2.25. The van der Waals surface area contributed by atoms with Gasteiger partial charge in [0.05, 0.1) is 4.88 Å². The van der Waals surface area contributed by atoms with Crippen LogP contribution < -0.4 is 0 Å². The van der Waals surface area contributed by atoms with Crippen LogP contribution in [0.3, 0.4) is 0 Å². The van der Waals surface area contributed by atoms with E-state index < -0.39 is 0 Å². The van der Waals surface area contributed by atoms with Crippen molar-refractivity contribution in [1.82, 2.24) is 9.88 Å². The summed E-state index contributed by atoms with van der Waals surface area (Å²) < 4.78 is 0. The number of rotatable bonds is 3. The number of thiophene rings is 1. The number of carbonyl (C=O) groups excluding carboxylic acids is 1. The average molecular weight is 300 g/mol. The summed E-state index contributed by atoms with van der Waals surface area (Å²) in [5, 5.41) is 2.05. The van der Waals surface area contributed by atoms with Crippen molar-refractivity contribution >= 4 is 17.2 Å². The minimum atomic E-state index is 0.198. The largest absolute Gasteiger partial charge is 0.338 e. The van der Waals surface area contributed by atoms with Gasteiger partial charge in [0.2, 0.25) is 0 Å². The fourth-order valence-electron chi connectivity index (χ4n) is 2.97. The molecule has 1 atom stereocenters. The zero-order valence-electron chi connectivity index (χ0n) is 12.3. The average Bonchev–Trinajstić information content (AvgIpc) is 2.94. The van der Waals surface area contributed by atoms with Crippen LogP contribution in [0.25, 0.3) is 0 Å². The Morgan fingerprint density at radius 1 is 1.52 bits per heavy atom. The molecule has 0 radical (unpaired) electrons. The van der Waals surface area contributed by atoms with Gasteiger partial charge in [0.25, 0.3) is 5.91 Å². The van der Waals surface area contributed by atoms with Crippen LogP contribution in [0.1, 0.15) is 33.6 Å². The van der Waals surface area contributed by atoms with Gasteiger partial charge in [-0.25, -0.2) is 0 Å². The van der Waals surface area contributed by atoms with Crippen LogP contribution in [0.2, 0.25) is 0 Å². The molecular weight excluding hydrogens is 280 g/mol. The second-order valence-electron chi connectivity index (χ2n) is 5.81. The maximum atomic E-state index is 12.5. The van der Waals surface area contributed by atoms with Crippen LogP contribution in [0.4, 0.5) is 0 Å². The van der Waals surface area contributed by atoms with E-state index in [0.29, 0.717) is 5.92 Å². The number of likely N-dealkylation sites (tertiary alicyclic amines) is 1. The monoisotopic (exact) mass is 300 g/mol. The topological polar surface area (TPSA) is 33.2 Å². The van der Waals surface area contributed by atoms with Crippen LogP contribution >= 0.6 is 11.3 Å². The summed E-state index contributed by atoms with van der Waals surface area (Å²) in [7, 11) is 0. The van der Waals surface area contributed by atoms with Gasteiger partial charge in [0.1, 0.15) is 0 Å². The Morgan fingerprint density at radius 2 is 2.43 bits per heavy atom. The van der Waals surface area contributed by atoms with Gasteiger partial charge in [-0.2, -0.15) is 0 Å². The third kappa shape index (κ3) is 3.50. The lowest BCUT2D eigenvalue weighted by molar-refractivity contribution is 0.0678. The quantitative estimate of drug-likeness (QED) is 0.868. The van der Waals surface area contributed by atoms with Crippen molar-refractivity contribution in [2.75, 3.05) is 13.1 Å². The first kappa shape index (κ1) is 14.3. The Bertz CT molecular complexity index is 608. The molecule has 0 aromatic carbocycles. The molecule has 3 nitrogen and oxygen atoms in total. The molecule has 2 aromatic heterocycles. The summed E-state index contributed by atoms with van der Waals surface area (Å²) >= 11 is 1.56. The zero-order valence-corrected chi connectivity index (χ0v) is 13.1. The first-order valence-electron chi connectivity index (χ1n) is 7.45. The molecule has 1 amide bonds. The summed E-state index contributed by atoms with van der Waals surface area (Å²) in [6.07, 6.45) is 7.05. The Hall–Kier alpha value is -1.68. The lowest BCUT2D eigenvalue weighted by Gasteiger charge is -2.32. The van der Waals surface area contributed by atoms with Crippen molar-refractivity contribution in [2.45, 2.75) is 26.2 Å². The van der Waals surface area contributed by atoms with Crippen molar-refractivity contribution < 1.29 is 4.79 Å². The molecule has 3 heterocycles. The Balaban J connectivity index is 1.64. The number of aromatic nitrogens is 1. The predicted molar refractivity (Wildman–Crippen MR) is 85.6 cm³/mol. The first-order valence-corrected chi connectivity index (χ1v) is 8.33. The SMILES string of the molecule is Cc1csc(C(=O)N2CCCC(Cc3cccnc3)C2)c1. The second kappa shape index (κ2) is 6.39. The molecule has 0 bridgehead atoms. The molecule has 1 unspecified atom stereocenters. The second-order valence-corrected chi connectivity index (χ2v) is 6.72. The Kier molecular flexibility index (Phi) is 4.34. The van der Waals surface area contributed by atoms with Crippen molar-refractivity contribution in [3.05, 3.63) is 52.0 Å². The highest BCUT2D eigenvalue weighted by molar-refractivity contribution is 7.12. The van der Waals surface area contributed by atoms with Crippen molar-refractivity contribution in [2.24, 2.45) is 5.92 Å². The summed E-state index contributed by atoms with van der Waals surface area (Å²) in [6, 6.07) is 6.10. The van der Waals surface area contributed by atoms with Crippen LogP contribution in [0, 0.1) is 12.8 Å². The summed E-state index contributed by atoms with van der Waals surface area (Å²) in [6.45, 7) is 3.79. The van der Waals surface area contributed by atoms with Gasteiger partial charge in [-0.05, 0) is 60.7 Å². The third-order valence-electron chi connectivity index (χ3n) is 3.99. The van der Waals surface area contributed by atoms with E-state index in [1.54, 1.807) is 17.5 Å². The lowest BCUT2D eigenvalue weighted by Crippen LogP contribution is -2.40. The molecule has 0 saturated carbocycles. The van der Waals surface area contributed by atoms with Gasteiger partial charge >= 0.3 is 0 Å². The van der Waals surface area contributed by atoms with Crippen LogP contribution in [-0.2, 0) is 6.42 Å². The van der Waals surface area contributed by atoms with Crippen LogP contribution in [-0.4, -0.2) is 28.9 Å². The molecule has 4 heteroatoms. The first-order chi connectivity index (χ1) is 10.2. The lowest BCUT2D eigenvalue weighted by atomic mass is 9.92. The molecule has 0 aliphatic carbocycles. The molecule has 110 valence electrons. The molecule has 3 rings (SSSR count). The summed E-state index contributed by atoms with van der Waals surface area (Å²) in [5.74, 6) is 0.747. The normalized spacial score (nSPS) is 18.7. The summed E-state index contributed by atoms with van der Waals surface area (Å²) in [5.41, 5.74) is 2.44. The number of pyridine rings is 1. The molecule has 0 N–H and O–H groups in total. The van der Waals surface area contributed by atoms with E-state index in [2.05, 4.69) is 11.1 Å². The Labute approximate surface area is 129 Å². The maximum Gasteiger partial charge on any atom is 0.263 e. The number of aryl methyl sites for hydroxylation is 1. The zero-order chi connectivity index (χ0) is 14.7. The maximum absolute atomic E-state index is 12.5. The van der Waals surface area contributed by atoms with Crippen molar-refractivity contribution in [3.63, 3.8) is 0 Å². The molecule has 2 aromatic rings. The van der Waals surface area contributed by atoms with E-state index in [1.165, 1.54) is 17.5 Å². The van der Waals surface area contributed by atoms with Gasteiger partial charge in [0.15, 0.2) is 0 Å². The van der Waals surface area contributed by atoms with E-state index in [1.807, 2.05) is 35.5 Å². The molecule has 1 aliphatic rings. The number of nitrogens with zero attached hydrogens (tertiary/aromatic N) is 2.